The van der Waals surface area contributed by atoms with Crippen LogP contribution in [-0.4, -0.2) is 30.7 Å². The second-order valence-corrected chi connectivity index (χ2v) is 5.76. The van der Waals surface area contributed by atoms with Crippen molar-refractivity contribution in [1.82, 2.24) is 4.90 Å². The van der Waals surface area contributed by atoms with Crippen molar-refractivity contribution >= 4 is 12.2 Å². The summed E-state index contributed by atoms with van der Waals surface area (Å²) in [4.78, 5) is 25.8. The Balaban J connectivity index is 1.72. The van der Waals surface area contributed by atoms with Crippen LogP contribution in [0.4, 0.5) is 0 Å². The Bertz CT molecular complexity index is 521. The van der Waals surface area contributed by atoms with Gasteiger partial charge in [-0.1, -0.05) is 12.1 Å². The van der Waals surface area contributed by atoms with Gasteiger partial charge in [0, 0.05) is 13.1 Å². The first-order valence-electron chi connectivity index (χ1n) is 7.08. The first-order chi connectivity index (χ1) is 9.69. The highest BCUT2D eigenvalue weighted by molar-refractivity contribution is 5.99. The molecule has 2 aliphatic rings. The molecule has 1 amide bonds. The van der Waals surface area contributed by atoms with Gasteiger partial charge in [-0.3, -0.25) is 4.79 Å². The van der Waals surface area contributed by atoms with Crippen molar-refractivity contribution in [2.75, 3.05) is 13.7 Å². The quantitative estimate of drug-likeness (QED) is 0.609. The van der Waals surface area contributed by atoms with E-state index in [4.69, 9.17) is 4.74 Å². The molecule has 1 heterocycles. The third kappa shape index (κ3) is 2.09. The lowest BCUT2D eigenvalue weighted by molar-refractivity contribution is -0.141. The Morgan fingerprint density at radius 1 is 1.35 bits per heavy atom. The molecule has 1 aliphatic carbocycles. The van der Waals surface area contributed by atoms with Gasteiger partial charge in [0.25, 0.3) is 0 Å². The molecular formula is C16H19NO3. The van der Waals surface area contributed by atoms with Crippen LogP contribution in [-0.2, 0) is 16.1 Å². The van der Waals surface area contributed by atoms with Gasteiger partial charge in [0.1, 0.15) is 17.5 Å². The number of carbonyl (C=O) groups is 2. The smallest absolute Gasteiger partial charge is 0.236 e. The molecule has 106 valence electrons. The van der Waals surface area contributed by atoms with Crippen LogP contribution in [0.25, 0.3) is 0 Å². The molecule has 0 aromatic heterocycles. The summed E-state index contributed by atoms with van der Waals surface area (Å²) in [6.07, 6.45) is 3.61. The normalized spacial score (nSPS) is 25.9. The number of methoxy groups -OCH3 is 1. The highest BCUT2D eigenvalue weighted by Gasteiger charge is 2.55. The minimum atomic E-state index is -0.716. The van der Waals surface area contributed by atoms with Crippen LogP contribution in [0.2, 0.25) is 0 Å². The molecule has 1 saturated heterocycles. The van der Waals surface area contributed by atoms with E-state index in [1.807, 2.05) is 29.2 Å². The van der Waals surface area contributed by atoms with Gasteiger partial charge in [0.15, 0.2) is 0 Å². The van der Waals surface area contributed by atoms with Gasteiger partial charge in [-0.25, -0.2) is 0 Å². The molecule has 0 bridgehead atoms. The van der Waals surface area contributed by atoms with E-state index < -0.39 is 5.41 Å². The average Bonchev–Trinajstić information content (AvgIpc) is 3.28. The van der Waals surface area contributed by atoms with Crippen molar-refractivity contribution in [3.8, 4) is 5.75 Å². The summed E-state index contributed by atoms with van der Waals surface area (Å²) in [5.74, 6) is 1.11. The predicted octanol–water partition coefficient (Wildman–Crippen LogP) is 2.02. The lowest BCUT2D eigenvalue weighted by atomic mass is 9.83. The highest BCUT2D eigenvalue weighted by atomic mass is 16.5. The number of hydrogen-bond donors (Lipinski definition) is 0. The third-order valence-electron chi connectivity index (χ3n) is 4.53. The maximum atomic E-state index is 12.5. The molecule has 1 aromatic rings. The van der Waals surface area contributed by atoms with Gasteiger partial charge in [0.2, 0.25) is 5.91 Å². The summed E-state index contributed by atoms with van der Waals surface area (Å²) in [6, 6.07) is 7.71. The van der Waals surface area contributed by atoms with Crippen molar-refractivity contribution in [3.05, 3.63) is 29.8 Å². The van der Waals surface area contributed by atoms with E-state index in [9.17, 15) is 9.59 Å². The van der Waals surface area contributed by atoms with Crippen LogP contribution in [0.3, 0.4) is 0 Å². The van der Waals surface area contributed by atoms with Crippen LogP contribution < -0.4 is 4.74 Å². The molecule has 1 aliphatic heterocycles. The number of amides is 1. The van der Waals surface area contributed by atoms with E-state index in [1.165, 1.54) is 0 Å². The molecule has 1 atom stereocenters. The average molecular weight is 273 g/mol. The first-order valence-corrected chi connectivity index (χ1v) is 7.08. The third-order valence-corrected chi connectivity index (χ3v) is 4.53. The van der Waals surface area contributed by atoms with Gasteiger partial charge in [-0.05, 0) is 42.9 Å². The van der Waals surface area contributed by atoms with Gasteiger partial charge < -0.3 is 14.4 Å². The fourth-order valence-electron chi connectivity index (χ4n) is 3.11. The number of benzene rings is 1. The molecule has 0 N–H and O–H groups in total. The molecule has 4 heteroatoms. The van der Waals surface area contributed by atoms with Crippen LogP contribution >= 0.6 is 0 Å². The number of hydrogen-bond acceptors (Lipinski definition) is 3. The highest BCUT2D eigenvalue weighted by Crippen LogP contribution is 2.50. The Labute approximate surface area is 118 Å². The molecule has 1 aromatic carbocycles. The molecule has 4 nitrogen and oxygen atoms in total. The maximum Gasteiger partial charge on any atom is 0.236 e. The zero-order chi connectivity index (χ0) is 14.2. The van der Waals surface area contributed by atoms with Crippen LogP contribution in [0, 0.1) is 11.3 Å². The van der Waals surface area contributed by atoms with E-state index in [0.29, 0.717) is 19.5 Å². The molecule has 0 unspecified atom stereocenters. The van der Waals surface area contributed by atoms with E-state index in [1.54, 1.807) is 7.11 Å². The monoisotopic (exact) mass is 273 g/mol. The van der Waals surface area contributed by atoms with Crippen LogP contribution in [0.5, 0.6) is 5.75 Å². The molecule has 3 rings (SSSR count). The minimum Gasteiger partial charge on any atom is -0.497 e. The van der Waals surface area contributed by atoms with E-state index in [0.717, 1.165) is 30.4 Å². The summed E-state index contributed by atoms with van der Waals surface area (Å²) in [5, 5.41) is 0. The van der Waals surface area contributed by atoms with E-state index in [2.05, 4.69) is 0 Å². The van der Waals surface area contributed by atoms with Crippen LogP contribution in [0.15, 0.2) is 24.3 Å². The molecular weight excluding hydrogens is 254 g/mol. The van der Waals surface area contributed by atoms with Crippen molar-refractivity contribution in [1.29, 1.82) is 0 Å². The maximum absolute atomic E-state index is 12.5. The number of likely N-dealkylation sites (tertiary alicyclic amines) is 1. The van der Waals surface area contributed by atoms with Gasteiger partial charge in [0.05, 0.1) is 7.11 Å². The Morgan fingerprint density at radius 3 is 2.60 bits per heavy atom. The second kappa shape index (κ2) is 4.93. The topological polar surface area (TPSA) is 46.6 Å². The summed E-state index contributed by atoms with van der Waals surface area (Å²) in [7, 11) is 1.63. The van der Waals surface area contributed by atoms with Crippen molar-refractivity contribution in [2.24, 2.45) is 11.3 Å². The zero-order valence-electron chi connectivity index (χ0n) is 11.7. The summed E-state index contributed by atoms with van der Waals surface area (Å²) in [5.41, 5.74) is 0.351. The first kappa shape index (κ1) is 13.2. The number of carbonyl (C=O) groups excluding carboxylic acids is 2. The Morgan fingerprint density at radius 2 is 2.05 bits per heavy atom. The van der Waals surface area contributed by atoms with Crippen LogP contribution in [0.1, 0.15) is 24.8 Å². The lowest BCUT2D eigenvalue weighted by Crippen LogP contribution is -2.37. The van der Waals surface area contributed by atoms with E-state index >= 15 is 0 Å². The Kier molecular flexibility index (Phi) is 3.24. The fourth-order valence-corrected chi connectivity index (χ4v) is 3.11. The van der Waals surface area contributed by atoms with Gasteiger partial charge in [-0.2, -0.15) is 0 Å². The second-order valence-electron chi connectivity index (χ2n) is 5.76. The lowest BCUT2D eigenvalue weighted by Gasteiger charge is -2.22. The van der Waals surface area contributed by atoms with Crippen molar-refractivity contribution in [3.63, 3.8) is 0 Å². The number of ether oxygens (including phenoxy) is 1. The van der Waals surface area contributed by atoms with Gasteiger partial charge in [-0.15, -0.1) is 0 Å². The largest absolute Gasteiger partial charge is 0.497 e. The number of aldehydes is 1. The molecule has 0 spiro atoms. The molecule has 1 saturated carbocycles. The summed E-state index contributed by atoms with van der Waals surface area (Å²) < 4.78 is 5.12. The zero-order valence-corrected chi connectivity index (χ0v) is 11.7. The van der Waals surface area contributed by atoms with Crippen molar-refractivity contribution in [2.45, 2.75) is 25.8 Å². The SMILES string of the molecule is COc1ccc(CN2CC[C@@](C=O)(C3CC3)C2=O)cc1. The van der Waals surface area contributed by atoms with Crippen molar-refractivity contribution < 1.29 is 14.3 Å². The molecule has 2 fully saturated rings. The standard InChI is InChI=1S/C16H19NO3/c1-20-14-6-2-12(3-7-14)10-17-9-8-16(11-18,15(17)19)13-4-5-13/h2-3,6-7,11,13H,4-5,8-10H2,1H3/t16-/m1/s1. The summed E-state index contributed by atoms with van der Waals surface area (Å²) >= 11 is 0. The number of nitrogens with zero attached hydrogens (tertiary/aromatic N) is 1. The molecule has 20 heavy (non-hydrogen) atoms. The summed E-state index contributed by atoms with van der Waals surface area (Å²) in [6.45, 7) is 1.26. The Hall–Kier alpha value is -1.84. The number of rotatable bonds is 5. The molecule has 0 radical (unpaired) electrons. The van der Waals surface area contributed by atoms with Gasteiger partial charge >= 0.3 is 0 Å². The fraction of sp³-hybridized carbons (Fsp3) is 0.500. The predicted molar refractivity (Wildman–Crippen MR) is 74.2 cm³/mol. The van der Waals surface area contributed by atoms with E-state index in [-0.39, 0.29) is 11.8 Å². The minimum absolute atomic E-state index is 0.0193.